The van der Waals surface area contributed by atoms with Gasteiger partial charge in [0.25, 0.3) is 5.69 Å². The van der Waals surface area contributed by atoms with E-state index in [1.54, 1.807) is 19.1 Å². The van der Waals surface area contributed by atoms with Gasteiger partial charge in [0.15, 0.2) is 11.5 Å². The minimum Gasteiger partial charge on any atom is -0.441 e. The number of rotatable bonds is 4. The number of hydrogen-bond donors (Lipinski definition) is 1. The highest BCUT2D eigenvalue weighted by Gasteiger charge is 2.06. The second-order valence-corrected chi connectivity index (χ2v) is 4.70. The van der Waals surface area contributed by atoms with Crippen LogP contribution in [0.25, 0.3) is 11.1 Å². The quantitative estimate of drug-likeness (QED) is 0.583. The van der Waals surface area contributed by atoms with Crippen LogP contribution < -0.4 is 5.32 Å². The van der Waals surface area contributed by atoms with Gasteiger partial charge in [0.2, 0.25) is 0 Å². The number of benzene rings is 2. The molecule has 0 bridgehead atoms. The number of fused-ring (bicyclic) bond motifs is 1. The zero-order valence-corrected chi connectivity index (χ0v) is 11.4. The normalized spacial score (nSPS) is 10.7. The molecule has 0 aliphatic rings. The van der Waals surface area contributed by atoms with Gasteiger partial charge in [-0.05, 0) is 23.8 Å². The van der Waals surface area contributed by atoms with E-state index in [1.807, 2.05) is 24.3 Å². The first kappa shape index (κ1) is 13.1. The summed E-state index contributed by atoms with van der Waals surface area (Å²) in [5, 5.41) is 14.0. The molecule has 1 aromatic heterocycles. The Morgan fingerprint density at radius 3 is 2.95 bits per heavy atom. The highest BCUT2D eigenvalue weighted by atomic mass is 16.6. The Morgan fingerprint density at radius 1 is 1.29 bits per heavy atom. The van der Waals surface area contributed by atoms with Gasteiger partial charge in [-0.25, -0.2) is 4.98 Å². The van der Waals surface area contributed by atoms with Gasteiger partial charge in [-0.3, -0.25) is 10.1 Å². The van der Waals surface area contributed by atoms with Crippen LogP contribution in [0.5, 0.6) is 0 Å². The molecule has 0 spiro atoms. The Bertz CT molecular complexity index is 811. The van der Waals surface area contributed by atoms with Gasteiger partial charge in [0.1, 0.15) is 5.52 Å². The minimum absolute atomic E-state index is 0.0943. The molecule has 6 heteroatoms. The summed E-state index contributed by atoms with van der Waals surface area (Å²) in [5.74, 6) is 0.626. The predicted molar refractivity (Wildman–Crippen MR) is 79.2 cm³/mol. The largest absolute Gasteiger partial charge is 0.441 e. The number of nitrogens with zero attached hydrogens (tertiary/aromatic N) is 2. The predicted octanol–water partition coefficient (Wildman–Crippen LogP) is 3.66. The maximum absolute atomic E-state index is 10.7. The van der Waals surface area contributed by atoms with E-state index in [2.05, 4.69) is 10.3 Å². The van der Waals surface area contributed by atoms with E-state index < -0.39 is 4.92 Å². The molecule has 0 aliphatic carbocycles. The SMILES string of the molecule is Cc1nc2cc(NCc3cccc([N+](=O)[O-])c3)ccc2o1. The van der Waals surface area contributed by atoms with Gasteiger partial charge in [0.05, 0.1) is 4.92 Å². The molecule has 0 unspecified atom stereocenters. The lowest BCUT2D eigenvalue weighted by atomic mass is 10.2. The maximum Gasteiger partial charge on any atom is 0.269 e. The third-order valence-electron chi connectivity index (χ3n) is 3.11. The second-order valence-electron chi connectivity index (χ2n) is 4.70. The van der Waals surface area contributed by atoms with Crippen LogP contribution >= 0.6 is 0 Å². The fourth-order valence-corrected chi connectivity index (χ4v) is 2.14. The lowest BCUT2D eigenvalue weighted by molar-refractivity contribution is -0.384. The molecule has 1 N–H and O–H groups in total. The lowest BCUT2D eigenvalue weighted by Crippen LogP contribution is -2.00. The number of hydrogen-bond acceptors (Lipinski definition) is 5. The van der Waals surface area contributed by atoms with Gasteiger partial charge in [-0.1, -0.05) is 12.1 Å². The lowest BCUT2D eigenvalue weighted by Gasteiger charge is -2.06. The van der Waals surface area contributed by atoms with E-state index in [-0.39, 0.29) is 5.69 Å². The molecule has 0 aliphatic heterocycles. The molecule has 21 heavy (non-hydrogen) atoms. The van der Waals surface area contributed by atoms with Crippen molar-refractivity contribution in [1.29, 1.82) is 0 Å². The van der Waals surface area contributed by atoms with Crippen LogP contribution in [-0.4, -0.2) is 9.91 Å². The average Bonchev–Trinajstić information content (AvgIpc) is 2.84. The van der Waals surface area contributed by atoms with Crippen molar-refractivity contribution in [3.05, 3.63) is 64.0 Å². The minimum atomic E-state index is -0.395. The van der Waals surface area contributed by atoms with Crippen LogP contribution in [0.4, 0.5) is 11.4 Å². The smallest absolute Gasteiger partial charge is 0.269 e. The number of oxazole rings is 1. The highest BCUT2D eigenvalue weighted by Crippen LogP contribution is 2.20. The molecule has 3 rings (SSSR count). The Hall–Kier alpha value is -2.89. The van der Waals surface area contributed by atoms with Crippen molar-refractivity contribution < 1.29 is 9.34 Å². The van der Waals surface area contributed by atoms with Crippen molar-refractivity contribution in [2.45, 2.75) is 13.5 Å². The Labute approximate surface area is 120 Å². The number of nitro groups is 1. The monoisotopic (exact) mass is 283 g/mol. The third-order valence-corrected chi connectivity index (χ3v) is 3.11. The first-order valence-electron chi connectivity index (χ1n) is 6.46. The summed E-state index contributed by atoms with van der Waals surface area (Å²) < 4.78 is 5.41. The van der Waals surface area contributed by atoms with Crippen LogP contribution in [0.15, 0.2) is 46.9 Å². The van der Waals surface area contributed by atoms with Gasteiger partial charge in [-0.15, -0.1) is 0 Å². The van der Waals surface area contributed by atoms with E-state index in [0.717, 1.165) is 22.4 Å². The molecule has 0 radical (unpaired) electrons. The Balaban J connectivity index is 1.76. The molecule has 3 aromatic rings. The highest BCUT2D eigenvalue weighted by molar-refractivity contribution is 5.77. The van der Waals surface area contributed by atoms with E-state index in [0.29, 0.717) is 12.4 Å². The third kappa shape index (κ3) is 2.84. The average molecular weight is 283 g/mol. The van der Waals surface area contributed by atoms with Crippen molar-refractivity contribution in [3.8, 4) is 0 Å². The Morgan fingerprint density at radius 2 is 2.14 bits per heavy atom. The zero-order valence-electron chi connectivity index (χ0n) is 11.4. The van der Waals surface area contributed by atoms with Crippen LogP contribution in [0.2, 0.25) is 0 Å². The molecule has 2 aromatic carbocycles. The molecule has 1 heterocycles. The summed E-state index contributed by atoms with van der Waals surface area (Å²) >= 11 is 0. The molecule has 0 fully saturated rings. The molecule has 106 valence electrons. The Kier molecular flexibility index (Phi) is 3.27. The van der Waals surface area contributed by atoms with Crippen LogP contribution in [-0.2, 0) is 6.54 Å². The number of non-ortho nitro benzene ring substituents is 1. The summed E-state index contributed by atoms with van der Waals surface area (Å²) in [6.07, 6.45) is 0. The summed E-state index contributed by atoms with van der Waals surface area (Å²) in [4.78, 5) is 14.6. The first-order chi connectivity index (χ1) is 10.1. The molecule has 0 saturated carbocycles. The molecule has 0 amide bonds. The van der Waals surface area contributed by atoms with Gasteiger partial charge >= 0.3 is 0 Å². The van der Waals surface area contributed by atoms with Crippen LogP contribution in [0.3, 0.4) is 0 Å². The van der Waals surface area contributed by atoms with Crippen LogP contribution in [0.1, 0.15) is 11.5 Å². The van der Waals surface area contributed by atoms with Gasteiger partial charge in [0, 0.05) is 31.3 Å². The molecule has 0 atom stereocenters. The standard InChI is InChI=1S/C15H13N3O3/c1-10-17-14-8-12(5-6-15(14)21-10)16-9-11-3-2-4-13(7-11)18(19)20/h2-8,16H,9H2,1H3. The fraction of sp³-hybridized carbons (Fsp3) is 0.133. The summed E-state index contributed by atoms with van der Waals surface area (Å²) in [5.41, 5.74) is 3.37. The zero-order chi connectivity index (χ0) is 14.8. The van der Waals surface area contributed by atoms with Gasteiger partial charge in [-0.2, -0.15) is 0 Å². The van der Waals surface area contributed by atoms with E-state index in [1.165, 1.54) is 6.07 Å². The van der Waals surface area contributed by atoms with Crippen molar-refractivity contribution in [1.82, 2.24) is 4.98 Å². The topological polar surface area (TPSA) is 81.2 Å². The number of nitro benzene ring substituents is 1. The molecular formula is C15H13N3O3. The molecular weight excluding hydrogens is 270 g/mol. The van der Waals surface area contributed by atoms with Crippen molar-refractivity contribution in [2.24, 2.45) is 0 Å². The number of nitrogens with one attached hydrogen (secondary N) is 1. The van der Waals surface area contributed by atoms with E-state index in [9.17, 15) is 10.1 Å². The number of aromatic nitrogens is 1. The second kappa shape index (κ2) is 5.24. The summed E-state index contributed by atoms with van der Waals surface area (Å²) in [6.45, 7) is 2.31. The molecule has 0 saturated heterocycles. The van der Waals surface area contributed by atoms with Crippen molar-refractivity contribution in [2.75, 3.05) is 5.32 Å². The number of anilines is 1. The summed E-state index contributed by atoms with van der Waals surface area (Å²) in [7, 11) is 0. The maximum atomic E-state index is 10.7. The van der Waals surface area contributed by atoms with Crippen LogP contribution in [0, 0.1) is 17.0 Å². The molecule has 6 nitrogen and oxygen atoms in total. The van der Waals surface area contributed by atoms with Crippen molar-refractivity contribution >= 4 is 22.5 Å². The number of aryl methyl sites for hydroxylation is 1. The van der Waals surface area contributed by atoms with Crippen molar-refractivity contribution in [3.63, 3.8) is 0 Å². The fourth-order valence-electron chi connectivity index (χ4n) is 2.14. The summed E-state index contributed by atoms with van der Waals surface area (Å²) in [6, 6.07) is 12.2. The first-order valence-corrected chi connectivity index (χ1v) is 6.46. The van der Waals surface area contributed by atoms with E-state index in [4.69, 9.17) is 4.42 Å². The van der Waals surface area contributed by atoms with E-state index >= 15 is 0 Å². The van der Waals surface area contributed by atoms with Gasteiger partial charge < -0.3 is 9.73 Å².